The minimum atomic E-state index is -0.124. The fourth-order valence-corrected chi connectivity index (χ4v) is 2.50. The van der Waals surface area contributed by atoms with Crippen LogP contribution in [-0.2, 0) is 4.74 Å². The minimum Gasteiger partial charge on any atom is -0.396 e. The van der Waals surface area contributed by atoms with Crippen LogP contribution in [-0.4, -0.2) is 46.6 Å². The number of amides is 1. The summed E-state index contributed by atoms with van der Waals surface area (Å²) in [6.45, 7) is 7.95. The van der Waals surface area contributed by atoms with E-state index >= 15 is 0 Å². The van der Waals surface area contributed by atoms with Gasteiger partial charge in [-0.1, -0.05) is 13.8 Å². The highest BCUT2D eigenvalue weighted by molar-refractivity contribution is 5.97. The number of aromatic nitrogens is 2. The Labute approximate surface area is 125 Å². The predicted molar refractivity (Wildman–Crippen MR) is 81.1 cm³/mol. The number of nitrogens with zero attached hydrogens (tertiary/aromatic N) is 3. The number of carbonyl (C=O) groups is 1. The molecule has 1 aliphatic heterocycles. The molecule has 1 unspecified atom stereocenters. The van der Waals surface area contributed by atoms with Gasteiger partial charge in [0.1, 0.15) is 5.82 Å². The van der Waals surface area contributed by atoms with Crippen molar-refractivity contribution in [3.63, 3.8) is 0 Å². The standard InChI is InChI=1S/C15H24N4O2/c1-4-21-11-6-5-7-19(9-11)15(20)13-12(16)8-17-14(18-13)10(2)3/h8,10-11H,4-7,9,16H2,1-3H3. The van der Waals surface area contributed by atoms with Crippen LogP contribution in [0, 0.1) is 0 Å². The summed E-state index contributed by atoms with van der Waals surface area (Å²) in [5.74, 6) is 0.682. The van der Waals surface area contributed by atoms with E-state index in [0.29, 0.717) is 30.4 Å². The van der Waals surface area contributed by atoms with Gasteiger partial charge in [-0.3, -0.25) is 4.79 Å². The summed E-state index contributed by atoms with van der Waals surface area (Å²) in [4.78, 5) is 23.0. The number of ether oxygens (including phenoxy) is 1. The summed E-state index contributed by atoms with van der Waals surface area (Å²) < 4.78 is 5.63. The molecule has 1 aromatic rings. The number of nitrogen functional groups attached to an aromatic ring is 1. The number of carbonyl (C=O) groups excluding carboxylic acids is 1. The topological polar surface area (TPSA) is 81.3 Å². The molecule has 2 heterocycles. The average Bonchev–Trinajstić information content (AvgIpc) is 2.47. The molecule has 0 radical (unpaired) electrons. The number of piperidine rings is 1. The second kappa shape index (κ2) is 6.85. The Morgan fingerprint density at radius 2 is 2.33 bits per heavy atom. The summed E-state index contributed by atoms with van der Waals surface area (Å²) in [6, 6.07) is 0. The van der Waals surface area contributed by atoms with Crippen molar-refractivity contribution in [3.8, 4) is 0 Å². The monoisotopic (exact) mass is 292 g/mol. The molecule has 2 rings (SSSR count). The van der Waals surface area contributed by atoms with Gasteiger partial charge in [-0.2, -0.15) is 0 Å². The van der Waals surface area contributed by atoms with Crippen LogP contribution >= 0.6 is 0 Å². The molecule has 0 spiro atoms. The van der Waals surface area contributed by atoms with Gasteiger partial charge in [0.15, 0.2) is 5.69 Å². The van der Waals surface area contributed by atoms with E-state index in [0.717, 1.165) is 19.4 Å². The summed E-state index contributed by atoms with van der Waals surface area (Å²) >= 11 is 0. The molecule has 1 saturated heterocycles. The third kappa shape index (κ3) is 3.69. The molecule has 0 aliphatic carbocycles. The lowest BCUT2D eigenvalue weighted by Gasteiger charge is -2.32. The van der Waals surface area contributed by atoms with Crippen molar-refractivity contribution in [2.45, 2.75) is 45.6 Å². The minimum absolute atomic E-state index is 0.111. The summed E-state index contributed by atoms with van der Waals surface area (Å²) in [5, 5.41) is 0. The molecule has 2 N–H and O–H groups in total. The van der Waals surface area contributed by atoms with Gasteiger partial charge in [0.2, 0.25) is 0 Å². The molecule has 21 heavy (non-hydrogen) atoms. The normalized spacial score (nSPS) is 19.0. The third-order valence-electron chi connectivity index (χ3n) is 3.62. The number of nitrogens with two attached hydrogens (primary N) is 1. The maximum Gasteiger partial charge on any atom is 0.274 e. The Hall–Kier alpha value is -1.69. The largest absolute Gasteiger partial charge is 0.396 e. The molecular weight excluding hydrogens is 268 g/mol. The maximum absolute atomic E-state index is 12.6. The van der Waals surface area contributed by atoms with Crippen molar-refractivity contribution in [1.82, 2.24) is 14.9 Å². The fraction of sp³-hybridized carbons (Fsp3) is 0.667. The predicted octanol–water partition coefficient (Wildman–Crippen LogP) is 1.82. The van der Waals surface area contributed by atoms with E-state index in [1.54, 1.807) is 4.90 Å². The van der Waals surface area contributed by atoms with Crippen LogP contribution in [0.1, 0.15) is 55.8 Å². The van der Waals surface area contributed by atoms with Crippen molar-refractivity contribution in [2.24, 2.45) is 0 Å². The lowest BCUT2D eigenvalue weighted by molar-refractivity contribution is 0.00705. The number of rotatable bonds is 4. The Kier molecular flexibility index (Phi) is 5.12. The first-order valence-corrected chi connectivity index (χ1v) is 7.56. The number of hydrogen-bond acceptors (Lipinski definition) is 5. The SMILES string of the molecule is CCOC1CCCN(C(=O)c2nc(C(C)C)ncc2N)C1. The highest BCUT2D eigenvalue weighted by Gasteiger charge is 2.27. The first-order valence-electron chi connectivity index (χ1n) is 7.56. The third-order valence-corrected chi connectivity index (χ3v) is 3.62. The van der Waals surface area contributed by atoms with Crippen molar-refractivity contribution in [1.29, 1.82) is 0 Å². The second-order valence-electron chi connectivity index (χ2n) is 5.66. The molecule has 0 saturated carbocycles. The summed E-state index contributed by atoms with van der Waals surface area (Å²) in [5.41, 5.74) is 6.53. The Morgan fingerprint density at radius 1 is 1.57 bits per heavy atom. The highest BCUT2D eigenvalue weighted by atomic mass is 16.5. The smallest absolute Gasteiger partial charge is 0.274 e. The lowest BCUT2D eigenvalue weighted by Crippen LogP contribution is -2.43. The number of hydrogen-bond donors (Lipinski definition) is 1. The average molecular weight is 292 g/mol. The molecule has 0 bridgehead atoms. The van der Waals surface area contributed by atoms with Crippen LogP contribution < -0.4 is 5.73 Å². The van der Waals surface area contributed by atoms with Gasteiger partial charge < -0.3 is 15.4 Å². The van der Waals surface area contributed by atoms with Gasteiger partial charge >= 0.3 is 0 Å². The van der Waals surface area contributed by atoms with Gasteiger partial charge in [0.05, 0.1) is 18.0 Å². The quantitative estimate of drug-likeness (QED) is 0.915. The molecule has 1 fully saturated rings. The van der Waals surface area contributed by atoms with Crippen molar-refractivity contribution in [3.05, 3.63) is 17.7 Å². The molecule has 1 amide bonds. The van der Waals surface area contributed by atoms with E-state index in [1.807, 2.05) is 20.8 Å². The zero-order valence-electron chi connectivity index (χ0n) is 13.0. The van der Waals surface area contributed by atoms with Gasteiger partial charge in [0, 0.05) is 25.6 Å². The molecule has 1 aliphatic rings. The molecule has 0 aromatic carbocycles. The molecular formula is C15H24N4O2. The summed E-state index contributed by atoms with van der Waals surface area (Å²) in [6.07, 6.45) is 3.58. The number of likely N-dealkylation sites (tertiary alicyclic amines) is 1. The van der Waals surface area contributed by atoms with Gasteiger partial charge in [-0.25, -0.2) is 9.97 Å². The van der Waals surface area contributed by atoms with Gasteiger partial charge in [-0.05, 0) is 19.8 Å². The van der Waals surface area contributed by atoms with E-state index in [4.69, 9.17) is 10.5 Å². The zero-order valence-corrected chi connectivity index (χ0v) is 13.0. The second-order valence-corrected chi connectivity index (χ2v) is 5.66. The molecule has 6 heteroatoms. The van der Waals surface area contributed by atoms with E-state index in [1.165, 1.54) is 6.20 Å². The van der Waals surface area contributed by atoms with Crippen LogP contribution in [0.2, 0.25) is 0 Å². The van der Waals surface area contributed by atoms with Gasteiger partial charge in [0.25, 0.3) is 5.91 Å². The van der Waals surface area contributed by atoms with Crippen LogP contribution in [0.5, 0.6) is 0 Å². The molecule has 116 valence electrons. The fourth-order valence-electron chi connectivity index (χ4n) is 2.50. The van der Waals surface area contributed by atoms with E-state index in [9.17, 15) is 4.79 Å². The first-order chi connectivity index (χ1) is 10.0. The van der Waals surface area contributed by atoms with Crippen LogP contribution in [0.25, 0.3) is 0 Å². The molecule has 6 nitrogen and oxygen atoms in total. The Balaban J connectivity index is 2.17. The first kappa shape index (κ1) is 15.7. The lowest BCUT2D eigenvalue weighted by atomic mass is 10.1. The van der Waals surface area contributed by atoms with E-state index < -0.39 is 0 Å². The van der Waals surface area contributed by atoms with Crippen molar-refractivity contribution >= 4 is 11.6 Å². The van der Waals surface area contributed by atoms with Gasteiger partial charge in [-0.15, -0.1) is 0 Å². The van der Waals surface area contributed by atoms with Crippen LogP contribution in [0.15, 0.2) is 6.20 Å². The Morgan fingerprint density at radius 3 is 3.00 bits per heavy atom. The summed E-state index contributed by atoms with van der Waals surface area (Å²) in [7, 11) is 0. The molecule has 1 aromatic heterocycles. The van der Waals surface area contributed by atoms with E-state index in [-0.39, 0.29) is 17.9 Å². The van der Waals surface area contributed by atoms with Crippen LogP contribution in [0.4, 0.5) is 5.69 Å². The molecule has 1 atom stereocenters. The number of anilines is 1. The van der Waals surface area contributed by atoms with Crippen molar-refractivity contribution < 1.29 is 9.53 Å². The van der Waals surface area contributed by atoms with Crippen LogP contribution in [0.3, 0.4) is 0 Å². The van der Waals surface area contributed by atoms with Crippen molar-refractivity contribution in [2.75, 3.05) is 25.4 Å². The Bertz CT molecular complexity index is 502. The van der Waals surface area contributed by atoms with E-state index in [2.05, 4.69) is 9.97 Å². The zero-order chi connectivity index (χ0) is 15.4. The highest BCUT2D eigenvalue weighted by Crippen LogP contribution is 2.19. The maximum atomic E-state index is 12.6.